The topological polar surface area (TPSA) is 66.5 Å². The van der Waals surface area contributed by atoms with Crippen molar-refractivity contribution in [3.8, 4) is 0 Å². The minimum Gasteiger partial charge on any atom is -0.277 e. The van der Waals surface area contributed by atoms with Crippen LogP contribution in [0, 0.1) is 5.41 Å². The Bertz CT molecular complexity index is 425. The predicted molar refractivity (Wildman–Crippen MR) is 79.5 cm³/mol. The van der Waals surface area contributed by atoms with Crippen LogP contribution in [0.3, 0.4) is 0 Å². The average Bonchev–Trinajstić information content (AvgIpc) is 2.70. The molecule has 0 radical (unpaired) electrons. The SMILES string of the molecule is CCCCC(C)N1C(=O)NC(=O)C2(CCCCCC2)C1=O. The van der Waals surface area contributed by atoms with Gasteiger partial charge in [0.05, 0.1) is 0 Å². The van der Waals surface area contributed by atoms with Crippen LogP contribution in [-0.4, -0.2) is 28.8 Å². The summed E-state index contributed by atoms with van der Waals surface area (Å²) < 4.78 is 0. The standard InChI is InChI=1S/C16H26N2O3/c1-3-4-9-12(2)18-14(20)16(13(19)17-15(18)21)10-7-5-6-8-11-16/h12H,3-11H2,1-2H3,(H,17,19,21). The van der Waals surface area contributed by atoms with E-state index in [0.29, 0.717) is 12.8 Å². The van der Waals surface area contributed by atoms with Crippen molar-refractivity contribution >= 4 is 17.8 Å². The maximum Gasteiger partial charge on any atom is 0.331 e. The number of imide groups is 2. The molecule has 5 heteroatoms. The Balaban J connectivity index is 2.24. The summed E-state index contributed by atoms with van der Waals surface area (Å²) in [7, 11) is 0. The second-order valence-corrected chi connectivity index (χ2v) is 6.42. The van der Waals surface area contributed by atoms with E-state index in [1.807, 2.05) is 6.92 Å². The quantitative estimate of drug-likeness (QED) is 0.811. The van der Waals surface area contributed by atoms with Gasteiger partial charge in [0.2, 0.25) is 11.8 Å². The lowest BCUT2D eigenvalue weighted by molar-refractivity contribution is -0.154. The van der Waals surface area contributed by atoms with E-state index in [4.69, 9.17) is 0 Å². The molecule has 1 spiro atoms. The largest absolute Gasteiger partial charge is 0.331 e. The minimum atomic E-state index is -0.995. The molecule has 1 heterocycles. The van der Waals surface area contributed by atoms with E-state index >= 15 is 0 Å². The van der Waals surface area contributed by atoms with E-state index in [2.05, 4.69) is 12.2 Å². The van der Waals surface area contributed by atoms with Gasteiger partial charge in [-0.25, -0.2) is 4.79 Å². The molecule has 1 unspecified atom stereocenters. The first-order valence-corrected chi connectivity index (χ1v) is 8.22. The van der Waals surface area contributed by atoms with Crippen LogP contribution in [0.25, 0.3) is 0 Å². The highest BCUT2D eigenvalue weighted by molar-refractivity contribution is 6.19. The van der Waals surface area contributed by atoms with Crippen molar-refractivity contribution in [1.29, 1.82) is 0 Å². The Labute approximate surface area is 126 Å². The van der Waals surface area contributed by atoms with Gasteiger partial charge in [-0.3, -0.25) is 19.8 Å². The predicted octanol–water partition coefficient (Wildman–Crippen LogP) is 2.98. The summed E-state index contributed by atoms with van der Waals surface area (Å²) in [5.41, 5.74) is -0.995. The number of carbonyl (C=O) groups is 3. The molecule has 1 aliphatic heterocycles. The molecule has 2 fully saturated rings. The highest BCUT2D eigenvalue weighted by atomic mass is 16.2. The molecule has 0 aromatic carbocycles. The van der Waals surface area contributed by atoms with Gasteiger partial charge in [0.1, 0.15) is 5.41 Å². The average molecular weight is 294 g/mol. The van der Waals surface area contributed by atoms with Gasteiger partial charge < -0.3 is 0 Å². The Morgan fingerprint density at radius 3 is 2.33 bits per heavy atom. The molecule has 1 saturated heterocycles. The Morgan fingerprint density at radius 2 is 1.76 bits per heavy atom. The van der Waals surface area contributed by atoms with E-state index in [1.165, 1.54) is 4.90 Å². The molecule has 1 aliphatic carbocycles. The summed E-state index contributed by atoms with van der Waals surface area (Å²) in [6.45, 7) is 3.98. The fourth-order valence-electron chi connectivity index (χ4n) is 3.50. The number of unbranched alkanes of at least 4 members (excludes halogenated alkanes) is 1. The van der Waals surface area contributed by atoms with Gasteiger partial charge >= 0.3 is 6.03 Å². The van der Waals surface area contributed by atoms with Crippen molar-refractivity contribution in [1.82, 2.24) is 10.2 Å². The van der Waals surface area contributed by atoms with Crippen LogP contribution in [0.1, 0.15) is 71.6 Å². The first-order chi connectivity index (χ1) is 10.0. The molecule has 2 aliphatic rings. The fraction of sp³-hybridized carbons (Fsp3) is 0.812. The van der Waals surface area contributed by atoms with E-state index < -0.39 is 11.4 Å². The van der Waals surface area contributed by atoms with Gasteiger partial charge in [-0.05, 0) is 26.2 Å². The Hall–Kier alpha value is -1.39. The number of carbonyl (C=O) groups excluding carboxylic acids is 3. The van der Waals surface area contributed by atoms with Crippen LogP contribution < -0.4 is 5.32 Å². The molecule has 0 aromatic rings. The lowest BCUT2D eigenvalue weighted by Gasteiger charge is -2.41. The zero-order valence-corrected chi connectivity index (χ0v) is 13.1. The van der Waals surface area contributed by atoms with Crippen molar-refractivity contribution in [3.05, 3.63) is 0 Å². The number of nitrogens with zero attached hydrogens (tertiary/aromatic N) is 1. The smallest absolute Gasteiger partial charge is 0.277 e. The summed E-state index contributed by atoms with van der Waals surface area (Å²) in [5, 5.41) is 2.43. The van der Waals surface area contributed by atoms with E-state index in [1.54, 1.807) is 0 Å². The number of hydrogen-bond donors (Lipinski definition) is 1. The molecule has 0 bridgehead atoms. The van der Waals surface area contributed by atoms with Gasteiger partial charge in [0.25, 0.3) is 0 Å². The number of urea groups is 1. The van der Waals surface area contributed by atoms with Gasteiger partial charge in [-0.2, -0.15) is 0 Å². The van der Waals surface area contributed by atoms with Crippen LogP contribution in [0.2, 0.25) is 0 Å². The van der Waals surface area contributed by atoms with Crippen molar-refractivity contribution in [2.24, 2.45) is 5.41 Å². The van der Waals surface area contributed by atoms with Gasteiger partial charge in [-0.15, -0.1) is 0 Å². The Kier molecular flexibility index (Phi) is 5.01. The molecular formula is C16H26N2O3. The van der Waals surface area contributed by atoms with E-state index in [-0.39, 0.29) is 17.9 Å². The molecule has 2 rings (SSSR count). The van der Waals surface area contributed by atoms with Crippen molar-refractivity contribution in [2.45, 2.75) is 77.7 Å². The number of barbiturate groups is 1. The number of rotatable bonds is 4. The first-order valence-electron chi connectivity index (χ1n) is 8.22. The van der Waals surface area contributed by atoms with Crippen molar-refractivity contribution < 1.29 is 14.4 Å². The summed E-state index contributed by atoms with van der Waals surface area (Å²) in [6.07, 6.45) is 7.80. The maximum atomic E-state index is 12.9. The van der Waals surface area contributed by atoms with Crippen LogP contribution >= 0.6 is 0 Å². The first kappa shape index (κ1) is 16.0. The highest BCUT2D eigenvalue weighted by Gasteiger charge is 2.54. The van der Waals surface area contributed by atoms with Crippen molar-refractivity contribution in [3.63, 3.8) is 0 Å². The molecule has 1 N–H and O–H groups in total. The zero-order valence-electron chi connectivity index (χ0n) is 13.1. The van der Waals surface area contributed by atoms with Crippen LogP contribution in [0.5, 0.6) is 0 Å². The van der Waals surface area contributed by atoms with Gasteiger partial charge in [0.15, 0.2) is 0 Å². The third-order valence-corrected chi connectivity index (χ3v) is 4.88. The molecular weight excluding hydrogens is 268 g/mol. The molecule has 0 aromatic heterocycles. The number of hydrogen-bond acceptors (Lipinski definition) is 3. The molecule has 5 nitrogen and oxygen atoms in total. The zero-order chi connectivity index (χ0) is 15.5. The third kappa shape index (κ3) is 2.97. The molecule has 1 saturated carbocycles. The van der Waals surface area contributed by atoms with E-state index in [0.717, 1.165) is 44.9 Å². The summed E-state index contributed by atoms with van der Waals surface area (Å²) in [4.78, 5) is 38.7. The van der Waals surface area contributed by atoms with Crippen LogP contribution in [0.15, 0.2) is 0 Å². The minimum absolute atomic E-state index is 0.148. The molecule has 4 amide bonds. The highest BCUT2D eigenvalue weighted by Crippen LogP contribution is 2.39. The monoisotopic (exact) mass is 294 g/mol. The summed E-state index contributed by atoms with van der Waals surface area (Å²) in [6, 6.07) is -0.686. The van der Waals surface area contributed by atoms with E-state index in [9.17, 15) is 14.4 Å². The Morgan fingerprint density at radius 1 is 1.14 bits per heavy atom. The second kappa shape index (κ2) is 6.58. The summed E-state index contributed by atoms with van der Waals surface area (Å²) >= 11 is 0. The number of amides is 4. The van der Waals surface area contributed by atoms with Gasteiger partial charge in [-0.1, -0.05) is 45.4 Å². The lowest BCUT2D eigenvalue weighted by Crippen LogP contribution is -2.65. The molecule has 21 heavy (non-hydrogen) atoms. The lowest BCUT2D eigenvalue weighted by atomic mass is 9.76. The second-order valence-electron chi connectivity index (χ2n) is 6.42. The fourth-order valence-corrected chi connectivity index (χ4v) is 3.50. The summed E-state index contributed by atoms with van der Waals surface area (Å²) in [5.74, 6) is -0.639. The third-order valence-electron chi connectivity index (χ3n) is 4.88. The normalized spacial score (nSPS) is 23.9. The van der Waals surface area contributed by atoms with Gasteiger partial charge in [0, 0.05) is 6.04 Å². The maximum absolute atomic E-state index is 12.9. The molecule has 1 atom stereocenters. The molecule has 118 valence electrons. The number of nitrogens with one attached hydrogen (secondary N) is 1. The van der Waals surface area contributed by atoms with Crippen LogP contribution in [-0.2, 0) is 9.59 Å². The van der Waals surface area contributed by atoms with Crippen molar-refractivity contribution in [2.75, 3.05) is 0 Å². The van der Waals surface area contributed by atoms with Crippen LogP contribution in [0.4, 0.5) is 4.79 Å².